The van der Waals surface area contributed by atoms with Crippen LogP contribution in [-0.2, 0) is 4.79 Å². The third kappa shape index (κ3) is 4.98. The Kier molecular flexibility index (Phi) is 6.13. The minimum atomic E-state index is -0.181. The first-order valence-corrected chi connectivity index (χ1v) is 7.81. The van der Waals surface area contributed by atoms with Gasteiger partial charge in [-0.05, 0) is 37.8 Å². The van der Waals surface area contributed by atoms with E-state index in [1.807, 2.05) is 6.92 Å². The van der Waals surface area contributed by atoms with Gasteiger partial charge in [0, 0.05) is 31.6 Å². The number of hydrogen-bond acceptors (Lipinski definition) is 3. The summed E-state index contributed by atoms with van der Waals surface area (Å²) in [5.74, 6) is 0.302. The average molecular weight is 301 g/mol. The summed E-state index contributed by atoms with van der Waals surface area (Å²) >= 11 is 0. The lowest BCUT2D eigenvalue weighted by molar-refractivity contribution is -0.116. The lowest BCUT2D eigenvalue weighted by atomic mass is 9.99. The van der Waals surface area contributed by atoms with E-state index >= 15 is 0 Å². The maximum atomic E-state index is 11.8. The van der Waals surface area contributed by atoms with Gasteiger partial charge in [0.05, 0.1) is 5.56 Å². The van der Waals surface area contributed by atoms with Gasteiger partial charge in [-0.15, -0.1) is 0 Å². The van der Waals surface area contributed by atoms with Crippen LogP contribution < -0.4 is 10.6 Å². The minimum Gasteiger partial charge on any atom is -0.351 e. The highest BCUT2D eigenvalue weighted by molar-refractivity contribution is 5.93. The molecule has 1 aliphatic rings. The van der Waals surface area contributed by atoms with Crippen molar-refractivity contribution in [2.24, 2.45) is 5.92 Å². The first-order valence-electron chi connectivity index (χ1n) is 7.81. The summed E-state index contributed by atoms with van der Waals surface area (Å²) in [4.78, 5) is 27.5. The van der Waals surface area contributed by atoms with E-state index < -0.39 is 0 Å². The molecule has 2 N–H and O–H groups in total. The van der Waals surface area contributed by atoms with Gasteiger partial charge in [0.1, 0.15) is 0 Å². The second-order valence-electron chi connectivity index (χ2n) is 5.66. The number of carbonyl (C=O) groups is 2. The zero-order chi connectivity index (χ0) is 15.8. The number of amides is 2. The number of rotatable bonds is 6. The molecule has 1 aromatic heterocycles. The monoisotopic (exact) mass is 301 g/mol. The Balaban J connectivity index is 1.67. The Morgan fingerprint density at radius 3 is 2.68 bits per heavy atom. The molecule has 118 valence electrons. The lowest BCUT2D eigenvalue weighted by Crippen LogP contribution is -2.34. The van der Waals surface area contributed by atoms with E-state index in [-0.39, 0.29) is 11.8 Å². The fourth-order valence-electron chi connectivity index (χ4n) is 2.72. The van der Waals surface area contributed by atoms with Crippen molar-refractivity contribution in [1.82, 2.24) is 15.6 Å². The maximum Gasteiger partial charge on any atom is 0.252 e. The van der Waals surface area contributed by atoms with Crippen LogP contribution in [0.25, 0.3) is 0 Å². The molecule has 2 amide bonds. The molecule has 0 aromatic carbocycles. The molecular weight excluding hydrogens is 278 g/mol. The number of allylic oxidation sites excluding steroid dienone is 1. The highest BCUT2D eigenvalue weighted by atomic mass is 16.2. The number of hydrogen-bond donors (Lipinski definition) is 2. The molecule has 1 aromatic rings. The quantitative estimate of drug-likeness (QED) is 0.624. The average Bonchev–Trinajstić information content (AvgIpc) is 3.06. The van der Waals surface area contributed by atoms with Crippen LogP contribution in [0.5, 0.6) is 0 Å². The standard InChI is InChI=1S/C17H23N3O2/c1-13(14-5-2-3-6-14)11-16(21)19-9-10-20-17(22)15-7-4-8-18-12-15/h4,7-8,11-12,14H,2-3,5-6,9-10H2,1H3,(H,19,21)(H,20,22)/b13-11+. The Labute approximate surface area is 131 Å². The summed E-state index contributed by atoms with van der Waals surface area (Å²) in [5.41, 5.74) is 1.68. The highest BCUT2D eigenvalue weighted by Gasteiger charge is 2.16. The third-order valence-electron chi connectivity index (χ3n) is 3.99. The van der Waals surface area contributed by atoms with Crippen molar-refractivity contribution in [2.75, 3.05) is 13.1 Å². The summed E-state index contributed by atoms with van der Waals surface area (Å²) in [7, 11) is 0. The normalized spacial score (nSPS) is 15.6. The zero-order valence-corrected chi connectivity index (χ0v) is 13.0. The molecule has 0 saturated heterocycles. The summed E-state index contributed by atoms with van der Waals surface area (Å²) in [6.07, 6.45) is 9.74. The molecule has 1 aliphatic carbocycles. The molecule has 1 heterocycles. The SMILES string of the molecule is C/C(=C\C(=O)NCCNC(=O)c1cccnc1)C1CCCC1. The van der Waals surface area contributed by atoms with Crippen molar-refractivity contribution in [1.29, 1.82) is 0 Å². The summed E-state index contributed by atoms with van der Waals surface area (Å²) in [6.45, 7) is 2.84. The fraction of sp³-hybridized carbons (Fsp3) is 0.471. The molecule has 0 unspecified atom stereocenters. The second kappa shape index (κ2) is 8.32. The van der Waals surface area contributed by atoms with Crippen molar-refractivity contribution in [2.45, 2.75) is 32.6 Å². The van der Waals surface area contributed by atoms with Crippen LogP contribution in [-0.4, -0.2) is 29.9 Å². The second-order valence-corrected chi connectivity index (χ2v) is 5.66. The van der Waals surface area contributed by atoms with E-state index in [1.165, 1.54) is 31.9 Å². The third-order valence-corrected chi connectivity index (χ3v) is 3.99. The first kappa shape index (κ1) is 16.2. The molecule has 0 aliphatic heterocycles. The molecule has 0 atom stereocenters. The molecule has 1 saturated carbocycles. The Bertz CT molecular complexity index is 534. The molecule has 5 heteroatoms. The van der Waals surface area contributed by atoms with Gasteiger partial charge < -0.3 is 10.6 Å². The van der Waals surface area contributed by atoms with E-state index in [9.17, 15) is 9.59 Å². The van der Waals surface area contributed by atoms with Gasteiger partial charge in [0.15, 0.2) is 0 Å². The van der Waals surface area contributed by atoms with E-state index in [0.29, 0.717) is 24.6 Å². The number of aromatic nitrogens is 1. The minimum absolute atomic E-state index is 0.0833. The molecule has 0 bridgehead atoms. The molecule has 1 fully saturated rings. The van der Waals surface area contributed by atoms with Crippen LogP contribution in [0.15, 0.2) is 36.2 Å². The van der Waals surface area contributed by atoms with Crippen LogP contribution in [0.1, 0.15) is 43.0 Å². The predicted octanol–water partition coefficient (Wildman–Crippen LogP) is 2.06. The van der Waals surface area contributed by atoms with Gasteiger partial charge in [-0.25, -0.2) is 0 Å². The summed E-state index contributed by atoms with van der Waals surface area (Å²) in [6, 6.07) is 3.42. The van der Waals surface area contributed by atoms with Gasteiger partial charge in [-0.1, -0.05) is 18.4 Å². The van der Waals surface area contributed by atoms with Crippen LogP contribution in [0.4, 0.5) is 0 Å². The Morgan fingerprint density at radius 2 is 2.00 bits per heavy atom. The van der Waals surface area contributed by atoms with Crippen molar-refractivity contribution in [3.8, 4) is 0 Å². The van der Waals surface area contributed by atoms with E-state index in [0.717, 1.165) is 5.57 Å². The number of nitrogens with one attached hydrogen (secondary N) is 2. The van der Waals surface area contributed by atoms with Gasteiger partial charge in [0.25, 0.3) is 5.91 Å². The van der Waals surface area contributed by atoms with Crippen LogP contribution >= 0.6 is 0 Å². The summed E-state index contributed by atoms with van der Waals surface area (Å²) in [5, 5.41) is 5.55. The van der Waals surface area contributed by atoms with Gasteiger partial charge >= 0.3 is 0 Å². The highest BCUT2D eigenvalue weighted by Crippen LogP contribution is 2.30. The Hall–Kier alpha value is -2.17. The van der Waals surface area contributed by atoms with Gasteiger partial charge in [-0.2, -0.15) is 0 Å². The van der Waals surface area contributed by atoms with Crippen molar-refractivity contribution < 1.29 is 9.59 Å². The zero-order valence-electron chi connectivity index (χ0n) is 13.0. The van der Waals surface area contributed by atoms with Crippen LogP contribution in [0.3, 0.4) is 0 Å². The van der Waals surface area contributed by atoms with Crippen molar-refractivity contribution >= 4 is 11.8 Å². The molecule has 2 rings (SSSR count). The van der Waals surface area contributed by atoms with Crippen molar-refractivity contribution in [3.63, 3.8) is 0 Å². The first-order chi connectivity index (χ1) is 10.7. The van der Waals surface area contributed by atoms with Crippen molar-refractivity contribution in [3.05, 3.63) is 41.7 Å². The molecule has 0 radical (unpaired) electrons. The topological polar surface area (TPSA) is 71.1 Å². The van der Waals surface area contributed by atoms with Crippen LogP contribution in [0.2, 0.25) is 0 Å². The Morgan fingerprint density at radius 1 is 1.27 bits per heavy atom. The molecule has 5 nitrogen and oxygen atoms in total. The molecular formula is C17H23N3O2. The predicted molar refractivity (Wildman–Crippen MR) is 85.3 cm³/mol. The van der Waals surface area contributed by atoms with Crippen LogP contribution in [0, 0.1) is 5.92 Å². The van der Waals surface area contributed by atoms with Gasteiger partial charge in [0.2, 0.25) is 5.91 Å². The van der Waals surface area contributed by atoms with E-state index in [2.05, 4.69) is 15.6 Å². The van der Waals surface area contributed by atoms with E-state index in [4.69, 9.17) is 0 Å². The number of carbonyl (C=O) groups excluding carboxylic acids is 2. The smallest absolute Gasteiger partial charge is 0.252 e. The molecule has 22 heavy (non-hydrogen) atoms. The number of pyridine rings is 1. The number of nitrogens with zero attached hydrogens (tertiary/aromatic N) is 1. The summed E-state index contributed by atoms with van der Waals surface area (Å²) < 4.78 is 0. The van der Waals surface area contributed by atoms with Gasteiger partial charge in [-0.3, -0.25) is 14.6 Å². The maximum absolute atomic E-state index is 11.8. The lowest BCUT2D eigenvalue weighted by Gasteiger charge is -2.10. The van der Waals surface area contributed by atoms with E-state index in [1.54, 1.807) is 24.4 Å². The largest absolute Gasteiger partial charge is 0.351 e. The molecule has 0 spiro atoms. The fourth-order valence-corrected chi connectivity index (χ4v) is 2.72.